The number of carbonyl (C=O) groups excluding carboxylic acids is 1. The highest BCUT2D eigenvalue weighted by molar-refractivity contribution is 6.30. The quantitative estimate of drug-likeness (QED) is 0.214. The maximum absolute atomic E-state index is 13.5. The van der Waals surface area contributed by atoms with Crippen molar-refractivity contribution in [3.05, 3.63) is 137 Å². The molecular weight excluding hydrogens is 517 g/mol. The number of ether oxygens (including phenoxy) is 2. The summed E-state index contributed by atoms with van der Waals surface area (Å²) in [5.41, 5.74) is 4.14. The van der Waals surface area contributed by atoms with Gasteiger partial charge in [-0.1, -0.05) is 54.1 Å². The smallest absolute Gasteiger partial charge is 0.257 e. The lowest BCUT2D eigenvalue weighted by Gasteiger charge is -2.11. The second kappa shape index (κ2) is 12.2. The van der Waals surface area contributed by atoms with Crippen LogP contribution in [-0.2, 0) is 13.2 Å². The molecule has 6 nitrogen and oxygen atoms in total. The highest BCUT2D eigenvalue weighted by Crippen LogP contribution is 2.27. The van der Waals surface area contributed by atoms with Gasteiger partial charge in [0.2, 0.25) is 5.88 Å². The Labute approximate surface area is 230 Å². The molecule has 8 heteroatoms. The predicted octanol–water partition coefficient (Wildman–Crippen LogP) is 7.24. The Morgan fingerprint density at radius 2 is 1.54 bits per heavy atom. The van der Waals surface area contributed by atoms with E-state index in [4.69, 9.17) is 21.1 Å². The Morgan fingerprint density at radius 1 is 0.821 bits per heavy atom. The molecule has 194 valence electrons. The van der Waals surface area contributed by atoms with E-state index in [9.17, 15) is 9.18 Å². The summed E-state index contributed by atoms with van der Waals surface area (Å²) in [4.78, 5) is 21.3. The molecule has 1 N–H and O–H groups in total. The molecule has 5 aromatic rings. The van der Waals surface area contributed by atoms with Crippen molar-refractivity contribution >= 4 is 17.5 Å². The van der Waals surface area contributed by atoms with Gasteiger partial charge in [0, 0.05) is 25.0 Å². The fraction of sp³-hybridized carbons (Fsp3) is 0.0645. The average molecular weight is 540 g/mol. The summed E-state index contributed by atoms with van der Waals surface area (Å²) in [6.45, 7) is 0.726. The van der Waals surface area contributed by atoms with Gasteiger partial charge in [0.05, 0.1) is 10.7 Å². The molecule has 1 amide bonds. The van der Waals surface area contributed by atoms with Crippen LogP contribution < -0.4 is 14.8 Å². The van der Waals surface area contributed by atoms with E-state index >= 15 is 0 Å². The van der Waals surface area contributed by atoms with Crippen molar-refractivity contribution in [1.29, 1.82) is 0 Å². The van der Waals surface area contributed by atoms with E-state index in [0.29, 0.717) is 13.2 Å². The van der Waals surface area contributed by atoms with E-state index in [1.807, 2.05) is 66.7 Å². The average Bonchev–Trinajstić information content (AvgIpc) is 2.98. The van der Waals surface area contributed by atoms with Crippen LogP contribution in [0.1, 0.15) is 21.6 Å². The van der Waals surface area contributed by atoms with Gasteiger partial charge < -0.3 is 14.8 Å². The number of nitrogens with one attached hydrogen (secondary N) is 1. The third-order valence-corrected chi connectivity index (χ3v) is 6.12. The van der Waals surface area contributed by atoms with Gasteiger partial charge in [-0.2, -0.15) is 0 Å². The van der Waals surface area contributed by atoms with Gasteiger partial charge in [-0.15, -0.1) is 0 Å². The molecule has 0 atom stereocenters. The van der Waals surface area contributed by atoms with Crippen LogP contribution in [0.25, 0.3) is 11.1 Å². The van der Waals surface area contributed by atoms with Crippen molar-refractivity contribution in [3.63, 3.8) is 0 Å². The van der Waals surface area contributed by atoms with Gasteiger partial charge in [0.25, 0.3) is 5.91 Å². The second-order valence-electron chi connectivity index (χ2n) is 8.55. The summed E-state index contributed by atoms with van der Waals surface area (Å²) < 4.78 is 25.0. The van der Waals surface area contributed by atoms with Crippen molar-refractivity contribution < 1.29 is 18.7 Å². The van der Waals surface area contributed by atoms with Crippen molar-refractivity contribution in [2.24, 2.45) is 0 Å². The lowest BCUT2D eigenvalue weighted by atomic mass is 10.0. The van der Waals surface area contributed by atoms with E-state index in [2.05, 4.69) is 15.3 Å². The lowest BCUT2D eigenvalue weighted by Crippen LogP contribution is -2.23. The normalized spacial score (nSPS) is 10.6. The minimum Gasteiger partial charge on any atom is -0.487 e. The maximum Gasteiger partial charge on any atom is 0.257 e. The van der Waals surface area contributed by atoms with Crippen molar-refractivity contribution in [1.82, 2.24) is 15.3 Å². The number of nitrogens with zero attached hydrogens (tertiary/aromatic N) is 2. The van der Waals surface area contributed by atoms with Crippen LogP contribution in [-0.4, -0.2) is 15.9 Å². The number of pyridine rings is 2. The molecule has 0 radical (unpaired) electrons. The Bertz CT molecular complexity index is 1560. The van der Waals surface area contributed by atoms with E-state index in [-0.39, 0.29) is 28.1 Å². The van der Waals surface area contributed by atoms with Crippen molar-refractivity contribution in [2.45, 2.75) is 13.2 Å². The summed E-state index contributed by atoms with van der Waals surface area (Å²) in [6, 6.07) is 28.7. The number of halogens is 2. The maximum atomic E-state index is 13.5. The first kappa shape index (κ1) is 25.9. The Morgan fingerprint density at radius 3 is 2.26 bits per heavy atom. The van der Waals surface area contributed by atoms with Gasteiger partial charge in [-0.25, -0.2) is 9.37 Å². The van der Waals surface area contributed by atoms with Crippen LogP contribution in [0.4, 0.5) is 4.39 Å². The Kier molecular flexibility index (Phi) is 8.09. The second-order valence-corrected chi connectivity index (χ2v) is 8.96. The third kappa shape index (κ3) is 6.77. The SMILES string of the molecule is O=C(NCc1ccc(-c2ccc(OCc3ccccn3)cc2)cc1)c1cccnc1Oc1ccc(F)c(Cl)c1. The number of rotatable bonds is 9. The van der Waals surface area contributed by atoms with Gasteiger partial charge in [-0.3, -0.25) is 9.78 Å². The van der Waals surface area contributed by atoms with Crippen LogP contribution in [0.15, 0.2) is 109 Å². The molecule has 0 fully saturated rings. The largest absolute Gasteiger partial charge is 0.487 e. The van der Waals surface area contributed by atoms with Gasteiger partial charge >= 0.3 is 0 Å². The van der Waals surface area contributed by atoms with Crippen molar-refractivity contribution in [3.8, 4) is 28.5 Å². The van der Waals surface area contributed by atoms with E-state index in [1.54, 1.807) is 18.3 Å². The molecule has 0 aliphatic rings. The zero-order valence-corrected chi connectivity index (χ0v) is 21.4. The molecular formula is C31H23ClFN3O3. The number of carbonyl (C=O) groups is 1. The lowest BCUT2D eigenvalue weighted by molar-refractivity contribution is 0.0948. The highest BCUT2D eigenvalue weighted by atomic mass is 35.5. The monoisotopic (exact) mass is 539 g/mol. The van der Waals surface area contributed by atoms with Gasteiger partial charge in [-0.05, 0) is 65.2 Å². The minimum absolute atomic E-state index is 0.0808. The van der Waals surface area contributed by atoms with E-state index < -0.39 is 5.82 Å². The molecule has 0 spiro atoms. The summed E-state index contributed by atoms with van der Waals surface area (Å²) in [5, 5.41) is 2.81. The summed E-state index contributed by atoms with van der Waals surface area (Å²) in [5.74, 6) is 0.233. The highest BCUT2D eigenvalue weighted by Gasteiger charge is 2.15. The fourth-order valence-corrected chi connectivity index (χ4v) is 3.94. The number of amides is 1. The first-order valence-corrected chi connectivity index (χ1v) is 12.5. The van der Waals surface area contributed by atoms with Crippen LogP contribution in [0.5, 0.6) is 17.4 Å². The van der Waals surface area contributed by atoms with Gasteiger partial charge in [0.1, 0.15) is 29.5 Å². The van der Waals surface area contributed by atoms with E-state index in [0.717, 1.165) is 28.1 Å². The molecule has 5 rings (SSSR count). The molecule has 2 heterocycles. The number of hydrogen-bond donors (Lipinski definition) is 1. The molecule has 3 aromatic carbocycles. The molecule has 0 aliphatic carbocycles. The minimum atomic E-state index is -0.559. The Balaban J connectivity index is 1.18. The van der Waals surface area contributed by atoms with Crippen LogP contribution in [0.2, 0.25) is 5.02 Å². The standard InChI is InChI=1S/C31H23ClFN3O3/c32-28-18-26(14-15-29(28)33)39-31-27(5-3-17-35-31)30(37)36-19-21-6-8-22(9-7-21)23-10-12-25(13-11-23)38-20-24-4-1-2-16-34-24/h1-18H,19-20H2,(H,36,37). The predicted molar refractivity (Wildman–Crippen MR) is 147 cm³/mol. The summed E-state index contributed by atoms with van der Waals surface area (Å²) in [7, 11) is 0. The number of aromatic nitrogens is 2. The molecule has 2 aromatic heterocycles. The molecule has 0 saturated carbocycles. The van der Waals surface area contributed by atoms with Gasteiger partial charge in [0.15, 0.2) is 0 Å². The van der Waals surface area contributed by atoms with Crippen LogP contribution in [0.3, 0.4) is 0 Å². The Hall–Kier alpha value is -4.75. The molecule has 0 aliphatic heterocycles. The fourth-order valence-electron chi connectivity index (χ4n) is 3.77. The topological polar surface area (TPSA) is 73.3 Å². The first-order chi connectivity index (χ1) is 19.0. The van der Waals surface area contributed by atoms with E-state index in [1.165, 1.54) is 24.4 Å². The zero-order chi connectivity index (χ0) is 27.0. The molecule has 39 heavy (non-hydrogen) atoms. The van der Waals surface area contributed by atoms with Crippen LogP contribution in [0, 0.1) is 5.82 Å². The molecule has 0 saturated heterocycles. The molecule has 0 unspecified atom stereocenters. The van der Waals surface area contributed by atoms with Crippen LogP contribution >= 0.6 is 11.6 Å². The zero-order valence-electron chi connectivity index (χ0n) is 20.7. The number of hydrogen-bond acceptors (Lipinski definition) is 5. The number of benzene rings is 3. The molecule has 0 bridgehead atoms. The summed E-state index contributed by atoms with van der Waals surface area (Å²) in [6.07, 6.45) is 3.25. The summed E-state index contributed by atoms with van der Waals surface area (Å²) >= 11 is 5.83. The third-order valence-electron chi connectivity index (χ3n) is 5.83. The van der Waals surface area contributed by atoms with Crippen molar-refractivity contribution in [2.75, 3.05) is 0 Å². The first-order valence-electron chi connectivity index (χ1n) is 12.1.